The maximum absolute atomic E-state index is 12.9. The Bertz CT molecular complexity index is 924. The Morgan fingerprint density at radius 2 is 1.81 bits per heavy atom. The van der Waals surface area contributed by atoms with Crippen LogP contribution in [0.1, 0.15) is 64.6 Å². The van der Waals surface area contributed by atoms with Crippen LogP contribution in [-0.4, -0.2) is 22.6 Å². The highest BCUT2D eigenvalue weighted by Crippen LogP contribution is 2.40. The van der Waals surface area contributed by atoms with Gasteiger partial charge in [-0.3, -0.25) is 14.4 Å². The lowest BCUT2D eigenvalue weighted by Gasteiger charge is -2.23. The number of phenolic OH excluding ortho intramolecular Hbond substituents is 1. The first-order valence-electron chi connectivity index (χ1n) is 8.61. The Morgan fingerprint density at radius 1 is 1.12 bits per heavy atom. The summed E-state index contributed by atoms with van der Waals surface area (Å²) in [5.74, 6) is -1.38. The van der Waals surface area contributed by atoms with Crippen LogP contribution in [0, 0.1) is 5.92 Å². The molecule has 0 fully saturated rings. The van der Waals surface area contributed by atoms with E-state index in [9.17, 15) is 19.5 Å². The lowest BCUT2D eigenvalue weighted by Crippen LogP contribution is -2.21. The Hall–Kier alpha value is -2.95. The number of benzene rings is 2. The molecule has 0 saturated carbocycles. The molecule has 2 aromatic carbocycles. The van der Waals surface area contributed by atoms with Crippen molar-refractivity contribution < 1.29 is 24.2 Å². The molecule has 0 aliphatic heterocycles. The summed E-state index contributed by atoms with van der Waals surface area (Å²) in [6.45, 7) is 5.14. The first-order valence-corrected chi connectivity index (χ1v) is 8.61. The van der Waals surface area contributed by atoms with Gasteiger partial charge in [-0.25, -0.2) is 0 Å². The van der Waals surface area contributed by atoms with Crippen LogP contribution in [0.2, 0.25) is 0 Å². The smallest absolute Gasteiger partial charge is 0.313 e. The molecule has 1 aliphatic rings. The Labute approximate surface area is 151 Å². The second-order valence-electron chi connectivity index (χ2n) is 6.63. The topological polar surface area (TPSA) is 80.7 Å². The fourth-order valence-electron chi connectivity index (χ4n) is 3.10. The van der Waals surface area contributed by atoms with Gasteiger partial charge in [-0.15, -0.1) is 0 Å². The number of rotatable bonds is 4. The van der Waals surface area contributed by atoms with E-state index in [1.54, 1.807) is 39.0 Å². The van der Waals surface area contributed by atoms with Crippen LogP contribution in [0.3, 0.4) is 0 Å². The summed E-state index contributed by atoms with van der Waals surface area (Å²) in [6.07, 6.45) is 0.570. The highest BCUT2D eigenvalue weighted by atomic mass is 16.5. The summed E-state index contributed by atoms with van der Waals surface area (Å²) in [6, 6.07) is 7.97. The average Bonchev–Trinajstić information content (AvgIpc) is 2.63. The maximum atomic E-state index is 12.9. The van der Waals surface area contributed by atoms with Gasteiger partial charge in [-0.2, -0.15) is 0 Å². The molecule has 0 atom stereocenters. The van der Waals surface area contributed by atoms with Crippen LogP contribution >= 0.6 is 0 Å². The van der Waals surface area contributed by atoms with Gasteiger partial charge in [0.05, 0.1) is 5.92 Å². The third kappa shape index (κ3) is 2.90. The zero-order valence-electron chi connectivity index (χ0n) is 15.0. The average molecular weight is 352 g/mol. The molecule has 26 heavy (non-hydrogen) atoms. The molecular formula is C21H20O5. The van der Waals surface area contributed by atoms with Crippen LogP contribution in [0.4, 0.5) is 0 Å². The van der Waals surface area contributed by atoms with Crippen molar-refractivity contribution >= 4 is 17.5 Å². The van der Waals surface area contributed by atoms with E-state index in [0.717, 1.165) is 0 Å². The van der Waals surface area contributed by atoms with Crippen molar-refractivity contribution in [2.75, 3.05) is 0 Å². The summed E-state index contributed by atoms with van der Waals surface area (Å²) >= 11 is 0. The normalized spacial score (nSPS) is 12.5. The molecule has 0 bridgehead atoms. The molecule has 5 heteroatoms. The monoisotopic (exact) mass is 352 g/mol. The van der Waals surface area contributed by atoms with Crippen molar-refractivity contribution in [2.45, 2.75) is 33.6 Å². The number of esters is 1. The second kappa shape index (κ2) is 6.75. The Kier molecular flexibility index (Phi) is 4.64. The summed E-state index contributed by atoms with van der Waals surface area (Å²) in [5, 5.41) is 10.2. The van der Waals surface area contributed by atoms with E-state index in [2.05, 4.69) is 0 Å². The van der Waals surface area contributed by atoms with E-state index in [-0.39, 0.29) is 35.4 Å². The summed E-state index contributed by atoms with van der Waals surface area (Å²) < 4.78 is 5.37. The Balaban J connectivity index is 2.16. The predicted octanol–water partition coefficient (Wildman–Crippen LogP) is 3.68. The molecule has 0 amide bonds. The fraction of sp³-hybridized carbons (Fsp3) is 0.286. The molecule has 134 valence electrons. The third-order valence-electron chi connectivity index (χ3n) is 4.55. The van der Waals surface area contributed by atoms with E-state index in [1.165, 1.54) is 12.1 Å². The number of phenols is 1. The molecule has 1 aliphatic carbocycles. The van der Waals surface area contributed by atoms with Crippen molar-refractivity contribution in [3.8, 4) is 11.5 Å². The predicted molar refractivity (Wildman–Crippen MR) is 95.9 cm³/mol. The quantitative estimate of drug-likeness (QED) is 0.440. The van der Waals surface area contributed by atoms with Gasteiger partial charge >= 0.3 is 5.97 Å². The number of Topliss-reactive ketones (excluding diaryl/α,β-unsaturated/α-hetero) is 1. The SMILES string of the molecule is CCC(=O)c1cccc2c1Cc1c(ccc(O)c1OC(=O)C(C)C)C2=O. The van der Waals surface area contributed by atoms with Gasteiger partial charge in [0.2, 0.25) is 0 Å². The molecule has 2 aromatic rings. The zero-order valence-corrected chi connectivity index (χ0v) is 15.0. The van der Waals surface area contributed by atoms with Gasteiger partial charge in [0.25, 0.3) is 0 Å². The molecule has 1 N–H and O–H groups in total. The van der Waals surface area contributed by atoms with Gasteiger partial charge < -0.3 is 9.84 Å². The number of fused-ring (bicyclic) bond motifs is 2. The van der Waals surface area contributed by atoms with Gasteiger partial charge in [-0.05, 0) is 17.7 Å². The largest absolute Gasteiger partial charge is 0.504 e. The number of hydrogen-bond acceptors (Lipinski definition) is 5. The van der Waals surface area contributed by atoms with Gasteiger partial charge in [0.1, 0.15) is 0 Å². The van der Waals surface area contributed by atoms with Crippen molar-refractivity contribution in [3.05, 3.63) is 58.1 Å². The Morgan fingerprint density at radius 3 is 2.46 bits per heavy atom. The van der Waals surface area contributed by atoms with E-state index in [0.29, 0.717) is 34.2 Å². The van der Waals surface area contributed by atoms with Gasteiger partial charge in [0, 0.05) is 35.1 Å². The first-order chi connectivity index (χ1) is 12.3. The van der Waals surface area contributed by atoms with Crippen LogP contribution in [0.25, 0.3) is 0 Å². The molecule has 5 nitrogen and oxygen atoms in total. The van der Waals surface area contributed by atoms with Gasteiger partial charge in [0.15, 0.2) is 23.1 Å². The standard InChI is InChI=1S/C21H20O5/c1-4-17(22)12-6-5-7-13-15(12)10-16-14(19(13)24)8-9-18(23)20(16)26-21(25)11(2)3/h5-9,11,23H,4,10H2,1-3H3. The molecule has 0 spiro atoms. The minimum Gasteiger partial charge on any atom is -0.504 e. The highest BCUT2D eigenvalue weighted by molar-refractivity contribution is 6.15. The first kappa shape index (κ1) is 17.9. The van der Waals surface area contributed by atoms with Crippen LogP contribution in [0.5, 0.6) is 11.5 Å². The molecule has 0 unspecified atom stereocenters. The number of ketones is 2. The zero-order chi connectivity index (χ0) is 19.0. The summed E-state index contributed by atoms with van der Waals surface area (Å²) in [7, 11) is 0. The van der Waals surface area contributed by atoms with Crippen molar-refractivity contribution in [1.29, 1.82) is 0 Å². The van der Waals surface area contributed by atoms with Crippen molar-refractivity contribution in [1.82, 2.24) is 0 Å². The lowest BCUT2D eigenvalue weighted by molar-refractivity contribution is -0.137. The third-order valence-corrected chi connectivity index (χ3v) is 4.55. The number of ether oxygens (including phenoxy) is 1. The fourth-order valence-corrected chi connectivity index (χ4v) is 3.10. The van der Waals surface area contributed by atoms with Crippen LogP contribution in [0.15, 0.2) is 30.3 Å². The van der Waals surface area contributed by atoms with Crippen molar-refractivity contribution in [3.63, 3.8) is 0 Å². The van der Waals surface area contributed by atoms with Gasteiger partial charge in [-0.1, -0.05) is 39.0 Å². The second-order valence-corrected chi connectivity index (χ2v) is 6.63. The minimum absolute atomic E-state index is 0.000972. The number of carbonyl (C=O) groups excluding carboxylic acids is 3. The molecule has 0 aromatic heterocycles. The molecule has 0 radical (unpaired) electrons. The van der Waals surface area contributed by atoms with E-state index < -0.39 is 5.97 Å². The molecule has 0 heterocycles. The van der Waals surface area contributed by atoms with E-state index in [1.807, 2.05) is 0 Å². The van der Waals surface area contributed by atoms with E-state index >= 15 is 0 Å². The molecular weight excluding hydrogens is 332 g/mol. The van der Waals surface area contributed by atoms with Crippen LogP contribution in [-0.2, 0) is 11.2 Å². The highest BCUT2D eigenvalue weighted by Gasteiger charge is 2.31. The minimum atomic E-state index is -0.495. The van der Waals surface area contributed by atoms with E-state index in [4.69, 9.17) is 4.74 Å². The summed E-state index contributed by atoms with van der Waals surface area (Å²) in [5.41, 5.74) is 2.40. The number of aromatic hydroxyl groups is 1. The number of carbonyl (C=O) groups is 3. The molecule has 0 saturated heterocycles. The number of hydrogen-bond donors (Lipinski definition) is 1. The lowest BCUT2D eigenvalue weighted by atomic mass is 9.81. The maximum Gasteiger partial charge on any atom is 0.313 e. The van der Waals surface area contributed by atoms with Crippen molar-refractivity contribution in [2.24, 2.45) is 5.92 Å². The van der Waals surface area contributed by atoms with Crippen LogP contribution < -0.4 is 4.74 Å². The summed E-state index contributed by atoms with van der Waals surface area (Å²) in [4.78, 5) is 37.2. The molecule has 3 rings (SSSR count).